The van der Waals surface area contributed by atoms with Crippen molar-refractivity contribution >= 4 is 44.2 Å². The fourth-order valence-corrected chi connectivity index (χ4v) is 4.61. The maximum Gasteiger partial charge on any atom is 0.0676 e. The van der Waals surface area contributed by atoms with Gasteiger partial charge in [0, 0.05) is 5.75 Å². The zero-order valence-electron chi connectivity index (χ0n) is 3.19. The summed E-state index contributed by atoms with van der Waals surface area (Å²) in [4.78, 5) is 0. The van der Waals surface area contributed by atoms with E-state index in [0.29, 0.717) is 0 Å². The first-order valence-corrected chi connectivity index (χ1v) is 5.45. The van der Waals surface area contributed by atoms with Crippen LogP contribution in [0.5, 0.6) is 0 Å². The van der Waals surface area contributed by atoms with Gasteiger partial charge in [0.25, 0.3) is 0 Å². The molecule has 0 radical (unpaired) electrons. The van der Waals surface area contributed by atoms with Gasteiger partial charge in [-0.25, -0.2) is 0 Å². The van der Waals surface area contributed by atoms with Crippen molar-refractivity contribution < 1.29 is 0 Å². The lowest BCUT2D eigenvalue weighted by molar-refractivity contribution is 1.12. The summed E-state index contributed by atoms with van der Waals surface area (Å²) in [5.41, 5.74) is 0. The molecule has 0 aromatic heterocycles. The summed E-state index contributed by atoms with van der Waals surface area (Å²) in [6, 6.07) is 0. The first kappa shape index (κ1) is 5.56. The lowest BCUT2D eigenvalue weighted by atomic mass is 10.6. The standard InChI is InChI=1S/C3H5IS2/c4-3-1-2-5-6-3/h3H,1-2H2. The average molecular weight is 232 g/mol. The van der Waals surface area contributed by atoms with Gasteiger partial charge in [-0.05, 0) is 6.42 Å². The van der Waals surface area contributed by atoms with Crippen molar-refractivity contribution in [3.8, 4) is 0 Å². The molecule has 0 spiro atoms. The third-order valence-electron chi connectivity index (χ3n) is 0.601. The summed E-state index contributed by atoms with van der Waals surface area (Å²) < 4.78 is 0.896. The van der Waals surface area contributed by atoms with Crippen molar-refractivity contribution in [3.05, 3.63) is 0 Å². The second-order valence-corrected chi connectivity index (χ2v) is 6.16. The van der Waals surface area contributed by atoms with Crippen molar-refractivity contribution in [1.29, 1.82) is 0 Å². The van der Waals surface area contributed by atoms with Crippen LogP contribution in [0.4, 0.5) is 0 Å². The van der Waals surface area contributed by atoms with Crippen LogP contribution in [0.15, 0.2) is 0 Å². The van der Waals surface area contributed by atoms with Gasteiger partial charge in [0.1, 0.15) is 0 Å². The van der Waals surface area contributed by atoms with Gasteiger partial charge in [-0.1, -0.05) is 44.2 Å². The van der Waals surface area contributed by atoms with Gasteiger partial charge >= 0.3 is 0 Å². The summed E-state index contributed by atoms with van der Waals surface area (Å²) in [6.07, 6.45) is 1.40. The third kappa shape index (κ3) is 1.50. The molecule has 1 heterocycles. The van der Waals surface area contributed by atoms with Crippen LogP contribution in [0.2, 0.25) is 0 Å². The van der Waals surface area contributed by atoms with Crippen molar-refractivity contribution in [2.45, 2.75) is 9.68 Å². The minimum atomic E-state index is 0.896. The Balaban J connectivity index is 2.18. The van der Waals surface area contributed by atoms with Gasteiger partial charge in [-0.15, -0.1) is 0 Å². The van der Waals surface area contributed by atoms with Crippen LogP contribution in [-0.4, -0.2) is 9.01 Å². The smallest absolute Gasteiger partial charge is 0.0676 e. The van der Waals surface area contributed by atoms with Crippen molar-refractivity contribution in [2.24, 2.45) is 0 Å². The molecule has 1 rings (SSSR count). The number of halogens is 1. The van der Waals surface area contributed by atoms with E-state index in [4.69, 9.17) is 0 Å². The fraction of sp³-hybridized carbons (Fsp3) is 1.00. The van der Waals surface area contributed by atoms with E-state index in [0.717, 1.165) is 3.26 Å². The monoisotopic (exact) mass is 232 g/mol. The summed E-state index contributed by atoms with van der Waals surface area (Å²) >= 11 is 2.47. The molecular weight excluding hydrogens is 227 g/mol. The second kappa shape index (κ2) is 2.67. The van der Waals surface area contributed by atoms with Crippen LogP contribution >= 0.6 is 44.2 Å². The summed E-state index contributed by atoms with van der Waals surface area (Å²) in [5, 5.41) is 0. The predicted octanol–water partition coefficient (Wildman–Crippen LogP) is 2.53. The van der Waals surface area contributed by atoms with Gasteiger partial charge in [0.05, 0.1) is 3.26 Å². The first-order valence-electron chi connectivity index (χ1n) is 1.82. The van der Waals surface area contributed by atoms with E-state index < -0.39 is 0 Å². The van der Waals surface area contributed by atoms with Crippen molar-refractivity contribution in [1.82, 2.24) is 0 Å². The predicted molar refractivity (Wildman–Crippen MR) is 42.5 cm³/mol. The van der Waals surface area contributed by atoms with E-state index in [9.17, 15) is 0 Å². The lowest BCUT2D eigenvalue weighted by Gasteiger charge is -1.86. The molecule has 0 nitrogen and oxygen atoms in total. The Morgan fingerprint density at radius 3 is 2.67 bits per heavy atom. The number of hydrogen-bond acceptors (Lipinski definition) is 2. The SMILES string of the molecule is IC1CCSS1. The Kier molecular flexibility index (Phi) is 2.47. The molecule has 1 atom stereocenters. The maximum atomic E-state index is 2.47. The molecule has 36 valence electrons. The Labute approximate surface area is 59.4 Å². The van der Waals surface area contributed by atoms with Crippen LogP contribution in [0.25, 0.3) is 0 Å². The summed E-state index contributed by atoms with van der Waals surface area (Å²) in [6.45, 7) is 0. The molecule has 6 heavy (non-hydrogen) atoms. The van der Waals surface area contributed by atoms with Gasteiger partial charge in [0.2, 0.25) is 0 Å². The molecule has 0 N–H and O–H groups in total. The van der Waals surface area contributed by atoms with Gasteiger partial charge in [-0.2, -0.15) is 0 Å². The minimum Gasteiger partial charge on any atom is -0.0930 e. The van der Waals surface area contributed by atoms with Crippen LogP contribution < -0.4 is 0 Å². The molecule has 1 saturated heterocycles. The maximum absolute atomic E-state index is 2.47. The van der Waals surface area contributed by atoms with E-state index in [-0.39, 0.29) is 0 Å². The van der Waals surface area contributed by atoms with E-state index in [1.54, 1.807) is 0 Å². The highest BCUT2D eigenvalue weighted by atomic mass is 127. The topological polar surface area (TPSA) is 0 Å². The Hall–Kier alpha value is 1.43. The number of alkyl halides is 1. The highest BCUT2D eigenvalue weighted by Gasteiger charge is 2.10. The molecule has 1 unspecified atom stereocenters. The van der Waals surface area contributed by atoms with Gasteiger partial charge < -0.3 is 0 Å². The largest absolute Gasteiger partial charge is 0.0930 e. The van der Waals surface area contributed by atoms with Gasteiger partial charge in [-0.3, -0.25) is 0 Å². The van der Waals surface area contributed by atoms with Crippen molar-refractivity contribution in [3.63, 3.8) is 0 Å². The molecule has 0 aromatic rings. The first-order chi connectivity index (χ1) is 2.89. The van der Waals surface area contributed by atoms with Gasteiger partial charge in [0.15, 0.2) is 0 Å². The quantitative estimate of drug-likeness (QED) is 0.357. The lowest BCUT2D eigenvalue weighted by Crippen LogP contribution is -1.78. The molecule has 0 aromatic carbocycles. The highest BCUT2D eigenvalue weighted by molar-refractivity contribution is 14.1. The molecule has 0 bridgehead atoms. The fourth-order valence-electron chi connectivity index (χ4n) is 0.311. The van der Waals surface area contributed by atoms with Crippen LogP contribution in [0.1, 0.15) is 6.42 Å². The Bertz CT molecular complexity index is 42.1. The summed E-state index contributed by atoms with van der Waals surface area (Å²) in [5.74, 6) is 1.36. The van der Waals surface area contributed by atoms with E-state index in [2.05, 4.69) is 22.6 Å². The Morgan fingerprint density at radius 1 is 1.67 bits per heavy atom. The van der Waals surface area contributed by atoms with E-state index in [1.807, 2.05) is 21.6 Å². The van der Waals surface area contributed by atoms with Crippen LogP contribution in [0.3, 0.4) is 0 Å². The highest BCUT2D eigenvalue weighted by Crippen LogP contribution is 2.40. The van der Waals surface area contributed by atoms with Crippen LogP contribution in [-0.2, 0) is 0 Å². The second-order valence-electron chi connectivity index (χ2n) is 1.12. The number of hydrogen-bond donors (Lipinski definition) is 0. The normalized spacial score (nSPS) is 34.5. The molecule has 1 fully saturated rings. The zero-order valence-corrected chi connectivity index (χ0v) is 6.98. The molecule has 1 aliphatic heterocycles. The zero-order chi connectivity index (χ0) is 4.41. The molecule has 3 heteroatoms. The molecular formula is C3H5IS2. The molecule has 0 aliphatic carbocycles. The summed E-state index contributed by atoms with van der Waals surface area (Å²) in [7, 11) is 3.99. The molecule has 0 amide bonds. The molecule has 1 aliphatic rings. The van der Waals surface area contributed by atoms with E-state index >= 15 is 0 Å². The number of rotatable bonds is 0. The average Bonchev–Trinajstić information content (AvgIpc) is 1.86. The minimum absolute atomic E-state index is 0.896. The third-order valence-corrected chi connectivity index (χ3v) is 5.61. The van der Waals surface area contributed by atoms with Crippen molar-refractivity contribution in [2.75, 3.05) is 5.75 Å². The molecule has 0 saturated carbocycles. The van der Waals surface area contributed by atoms with Crippen LogP contribution in [0, 0.1) is 0 Å². The van der Waals surface area contributed by atoms with E-state index in [1.165, 1.54) is 12.2 Å². The Morgan fingerprint density at radius 2 is 2.50 bits per heavy atom.